The normalized spacial score (nSPS) is 19.5. The number of aromatic nitrogens is 4. The lowest BCUT2D eigenvalue weighted by Gasteiger charge is -2.14. The Hall–Kier alpha value is -3.04. The van der Waals surface area contributed by atoms with E-state index in [1.54, 1.807) is 36.7 Å². The summed E-state index contributed by atoms with van der Waals surface area (Å²) in [4.78, 5) is 26.7. The van der Waals surface area contributed by atoms with E-state index in [0.717, 1.165) is 0 Å². The molecule has 9 nitrogen and oxygen atoms in total. The van der Waals surface area contributed by atoms with E-state index in [4.69, 9.17) is 16.1 Å². The molecule has 10 heteroatoms. The van der Waals surface area contributed by atoms with E-state index in [0.29, 0.717) is 41.0 Å². The molecule has 1 fully saturated rings. The van der Waals surface area contributed by atoms with E-state index in [2.05, 4.69) is 35.6 Å². The first-order valence-corrected chi connectivity index (χ1v) is 9.08. The maximum Gasteiger partial charge on any atom is 0.319 e. The summed E-state index contributed by atoms with van der Waals surface area (Å²) in [5, 5.41) is 10.4. The topological polar surface area (TPSA) is 109 Å². The second kappa shape index (κ2) is 7.91. The van der Waals surface area contributed by atoms with Crippen molar-refractivity contribution in [3.8, 4) is 11.4 Å². The number of likely N-dealkylation sites (tertiary alicyclic amines) is 1. The molecule has 2 aromatic heterocycles. The third-order valence-electron chi connectivity index (χ3n) is 4.53. The zero-order chi connectivity index (χ0) is 19.5. The van der Waals surface area contributed by atoms with Crippen molar-refractivity contribution in [2.45, 2.75) is 18.5 Å². The SMILES string of the molecule is CN1CC(NC(=O)Nc2ccc(Cl)cc2)CC1c1nc(-c2cncnc2)no1. The average Bonchev–Trinajstić information content (AvgIpc) is 3.31. The number of hydrogen-bond acceptors (Lipinski definition) is 7. The third-order valence-corrected chi connectivity index (χ3v) is 4.78. The number of nitrogens with zero attached hydrogens (tertiary/aromatic N) is 5. The Morgan fingerprint density at radius 1 is 1.25 bits per heavy atom. The molecule has 2 N–H and O–H groups in total. The van der Waals surface area contributed by atoms with Crippen molar-refractivity contribution >= 4 is 23.3 Å². The summed E-state index contributed by atoms with van der Waals surface area (Å²) in [5.74, 6) is 0.949. The van der Waals surface area contributed by atoms with Gasteiger partial charge in [0.05, 0.1) is 11.6 Å². The number of halogens is 1. The summed E-state index contributed by atoms with van der Waals surface area (Å²) >= 11 is 5.86. The predicted octanol–water partition coefficient (Wildman–Crippen LogP) is 2.75. The number of benzene rings is 1. The Kier molecular flexibility index (Phi) is 5.18. The van der Waals surface area contributed by atoms with Gasteiger partial charge >= 0.3 is 6.03 Å². The monoisotopic (exact) mass is 399 g/mol. The molecule has 1 aliphatic heterocycles. The predicted molar refractivity (Wildman–Crippen MR) is 103 cm³/mol. The van der Waals surface area contributed by atoms with E-state index in [1.165, 1.54) is 6.33 Å². The lowest BCUT2D eigenvalue weighted by Crippen LogP contribution is -2.39. The number of rotatable bonds is 4. The van der Waals surface area contributed by atoms with Crippen LogP contribution in [0.1, 0.15) is 18.4 Å². The molecule has 2 atom stereocenters. The highest BCUT2D eigenvalue weighted by Crippen LogP contribution is 2.30. The van der Waals surface area contributed by atoms with Gasteiger partial charge in [-0.05, 0) is 37.7 Å². The fourth-order valence-electron chi connectivity index (χ4n) is 3.18. The molecule has 4 rings (SSSR count). The van der Waals surface area contributed by atoms with Crippen LogP contribution >= 0.6 is 11.6 Å². The van der Waals surface area contributed by atoms with Crippen molar-refractivity contribution in [3.63, 3.8) is 0 Å². The summed E-state index contributed by atoms with van der Waals surface area (Å²) in [6.07, 6.45) is 5.37. The van der Waals surface area contributed by atoms with Crippen molar-refractivity contribution in [2.24, 2.45) is 0 Å². The molecule has 144 valence electrons. The van der Waals surface area contributed by atoms with Gasteiger partial charge in [0.1, 0.15) is 6.33 Å². The zero-order valence-corrected chi connectivity index (χ0v) is 15.8. The largest absolute Gasteiger partial charge is 0.337 e. The van der Waals surface area contributed by atoms with Crippen molar-refractivity contribution in [1.82, 2.24) is 30.3 Å². The number of urea groups is 1. The molecule has 0 saturated carbocycles. The number of hydrogen-bond donors (Lipinski definition) is 2. The first kappa shape index (κ1) is 18.3. The molecule has 28 heavy (non-hydrogen) atoms. The van der Waals surface area contributed by atoms with E-state index in [-0.39, 0.29) is 18.1 Å². The summed E-state index contributed by atoms with van der Waals surface area (Å²) < 4.78 is 5.43. The number of nitrogens with one attached hydrogen (secondary N) is 2. The van der Waals surface area contributed by atoms with Crippen molar-refractivity contribution < 1.29 is 9.32 Å². The lowest BCUT2D eigenvalue weighted by atomic mass is 10.1. The average molecular weight is 400 g/mol. The van der Waals surface area contributed by atoms with Crippen molar-refractivity contribution in [2.75, 3.05) is 18.9 Å². The van der Waals surface area contributed by atoms with Crippen molar-refractivity contribution in [1.29, 1.82) is 0 Å². The molecule has 0 bridgehead atoms. The van der Waals surface area contributed by atoms with Gasteiger partial charge in [0.25, 0.3) is 0 Å². The Morgan fingerprint density at radius 2 is 2.00 bits per heavy atom. The van der Waals surface area contributed by atoms with Crippen molar-refractivity contribution in [3.05, 3.63) is 53.9 Å². The van der Waals surface area contributed by atoms with Gasteiger partial charge in [0.2, 0.25) is 11.7 Å². The van der Waals surface area contributed by atoms with Gasteiger partial charge in [0, 0.05) is 35.7 Å². The first-order chi connectivity index (χ1) is 13.6. The molecule has 2 unspecified atom stereocenters. The molecule has 1 aliphatic rings. The smallest absolute Gasteiger partial charge is 0.319 e. The van der Waals surface area contributed by atoms with Crippen LogP contribution in [0.25, 0.3) is 11.4 Å². The lowest BCUT2D eigenvalue weighted by molar-refractivity contribution is 0.243. The Balaban J connectivity index is 1.37. The van der Waals surface area contributed by atoms with Crippen LogP contribution in [-0.4, -0.2) is 50.7 Å². The molecule has 2 amide bonds. The number of anilines is 1. The minimum absolute atomic E-state index is 0.0438. The highest BCUT2D eigenvalue weighted by atomic mass is 35.5. The Morgan fingerprint density at radius 3 is 2.75 bits per heavy atom. The highest BCUT2D eigenvalue weighted by molar-refractivity contribution is 6.30. The van der Waals surface area contributed by atoms with Crippen LogP contribution in [0, 0.1) is 0 Å². The van der Waals surface area contributed by atoms with E-state index >= 15 is 0 Å². The van der Waals surface area contributed by atoms with Gasteiger partial charge in [-0.2, -0.15) is 4.98 Å². The highest BCUT2D eigenvalue weighted by Gasteiger charge is 2.35. The van der Waals surface area contributed by atoms with Crippen LogP contribution in [0.5, 0.6) is 0 Å². The molecule has 0 radical (unpaired) electrons. The minimum Gasteiger partial charge on any atom is -0.337 e. The van der Waals surface area contributed by atoms with Crippen LogP contribution in [0.2, 0.25) is 5.02 Å². The number of likely N-dealkylation sites (N-methyl/N-ethyl adjacent to an activating group) is 1. The minimum atomic E-state index is -0.269. The molecular formula is C18H18ClN7O2. The van der Waals surface area contributed by atoms with Crippen LogP contribution in [0.15, 0.2) is 47.5 Å². The summed E-state index contributed by atoms with van der Waals surface area (Å²) in [5.41, 5.74) is 1.37. The summed E-state index contributed by atoms with van der Waals surface area (Å²) in [6.45, 7) is 0.671. The fourth-order valence-corrected chi connectivity index (χ4v) is 3.31. The molecule has 0 aliphatic carbocycles. The van der Waals surface area contributed by atoms with E-state index in [9.17, 15) is 4.79 Å². The number of amides is 2. The molecule has 3 heterocycles. The molecular weight excluding hydrogens is 382 g/mol. The molecule has 3 aromatic rings. The Labute approximate surface area is 166 Å². The van der Waals surface area contributed by atoms with Gasteiger partial charge in [-0.25, -0.2) is 14.8 Å². The maximum absolute atomic E-state index is 12.3. The van der Waals surface area contributed by atoms with Crippen LogP contribution in [0.3, 0.4) is 0 Å². The van der Waals surface area contributed by atoms with E-state index < -0.39 is 0 Å². The van der Waals surface area contributed by atoms with Crippen LogP contribution in [-0.2, 0) is 0 Å². The molecule has 0 spiro atoms. The van der Waals surface area contributed by atoms with Crippen LogP contribution < -0.4 is 10.6 Å². The molecule has 1 saturated heterocycles. The molecule has 1 aromatic carbocycles. The zero-order valence-electron chi connectivity index (χ0n) is 15.0. The second-order valence-electron chi connectivity index (χ2n) is 6.58. The first-order valence-electron chi connectivity index (χ1n) is 8.71. The van der Waals surface area contributed by atoms with Gasteiger partial charge < -0.3 is 15.2 Å². The third kappa shape index (κ3) is 4.10. The van der Waals surface area contributed by atoms with Gasteiger partial charge in [-0.3, -0.25) is 4.90 Å². The number of carbonyl (C=O) groups excluding carboxylic acids is 1. The van der Waals surface area contributed by atoms with Gasteiger partial charge in [0.15, 0.2) is 0 Å². The Bertz CT molecular complexity index is 948. The van der Waals surface area contributed by atoms with Gasteiger partial charge in [-0.15, -0.1) is 0 Å². The summed E-state index contributed by atoms with van der Waals surface area (Å²) in [6, 6.07) is 6.55. The second-order valence-corrected chi connectivity index (χ2v) is 7.01. The standard InChI is InChI=1S/C18H18ClN7O2/c1-26-9-14(23-18(27)22-13-4-2-12(19)3-5-13)6-15(26)17-24-16(25-28-17)11-7-20-10-21-8-11/h2-5,7-8,10,14-15H,6,9H2,1H3,(H2,22,23,27). The summed E-state index contributed by atoms with van der Waals surface area (Å²) in [7, 11) is 1.96. The van der Waals surface area contributed by atoms with Gasteiger partial charge in [-0.1, -0.05) is 16.8 Å². The maximum atomic E-state index is 12.3. The number of carbonyl (C=O) groups is 1. The van der Waals surface area contributed by atoms with E-state index in [1.807, 2.05) is 7.05 Å². The van der Waals surface area contributed by atoms with Crippen LogP contribution in [0.4, 0.5) is 10.5 Å². The fraction of sp³-hybridized carbons (Fsp3) is 0.278. The quantitative estimate of drug-likeness (QED) is 0.694.